The molecule has 0 saturated heterocycles. The number of nitrogens with two attached hydrogens (primary N) is 1. The Bertz CT molecular complexity index is 412. The van der Waals surface area contributed by atoms with Crippen LogP contribution in [0.5, 0.6) is 0 Å². The number of hydrogen-bond donors (Lipinski definition) is 1. The first-order valence-corrected chi connectivity index (χ1v) is 6.63. The molecule has 4 heteroatoms. The summed E-state index contributed by atoms with van der Waals surface area (Å²) in [4.78, 5) is 6.71. The number of pyridine rings is 1. The van der Waals surface area contributed by atoms with Gasteiger partial charge in [0.1, 0.15) is 11.9 Å². The number of nitriles is 1. The van der Waals surface area contributed by atoms with Crippen LogP contribution in [0.15, 0.2) is 18.3 Å². The van der Waals surface area contributed by atoms with E-state index in [1.165, 1.54) is 0 Å². The van der Waals surface area contributed by atoms with Gasteiger partial charge in [-0.1, -0.05) is 0 Å². The number of nitrogens with zero attached hydrogens (tertiary/aromatic N) is 3. The van der Waals surface area contributed by atoms with E-state index in [1.807, 2.05) is 12.1 Å². The first-order chi connectivity index (χ1) is 8.74. The van der Waals surface area contributed by atoms with Crippen LogP contribution in [-0.4, -0.2) is 23.6 Å². The molecule has 0 radical (unpaired) electrons. The number of hydrogen-bond acceptors (Lipinski definition) is 4. The first-order valence-electron chi connectivity index (χ1n) is 6.63. The molecule has 0 unspecified atom stereocenters. The Hall–Kier alpha value is -1.60. The molecule has 1 aliphatic rings. The molecule has 1 heterocycles. The highest BCUT2D eigenvalue weighted by molar-refractivity contribution is 5.42. The fraction of sp³-hybridized carbons (Fsp3) is 0.571. The van der Waals surface area contributed by atoms with E-state index in [4.69, 9.17) is 11.0 Å². The van der Waals surface area contributed by atoms with E-state index in [9.17, 15) is 0 Å². The number of rotatable bonds is 3. The molecule has 1 aromatic heterocycles. The lowest BCUT2D eigenvalue weighted by atomic mass is 9.90. The minimum Gasteiger partial charge on any atom is -0.354 e. The van der Waals surface area contributed by atoms with Crippen molar-refractivity contribution in [3.8, 4) is 6.07 Å². The molecule has 0 aliphatic heterocycles. The minimum absolute atomic E-state index is 0.369. The van der Waals surface area contributed by atoms with Crippen LogP contribution >= 0.6 is 0 Å². The van der Waals surface area contributed by atoms with E-state index in [0.717, 1.165) is 38.0 Å². The maximum atomic E-state index is 8.78. The largest absolute Gasteiger partial charge is 0.354 e. The van der Waals surface area contributed by atoms with Crippen LogP contribution in [0.25, 0.3) is 0 Å². The number of anilines is 1. The molecular formula is C14H20N4. The summed E-state index contributed by atoms with van der Waals surface area (Å²) in [5.74, 6) is 0.969. The fourth-order valence-electron chi connectivity index (χ4n) is 2.64. The molecule has 0 amide bonds. The highest BCUT2D eigenvalue weighted by Crippen LogP contribution is 2.25. The van der Waals surface area contributed by atoms with Crippen LogP contribution in [-0.2, 0) is 0 Å². The van der Waals surface area contributed by atoms with Crippen molar-refractivity contribution in [3.63, 3.8) is 0 Å². The summed E-state index contributed by atoms with van der Waals surface area (Å²) in [6.07, 6.45) is 6.11. The highest BCUT2D eigenvalue weighted by atomic mass is 15.2. The summed E-state index contributed by atoms with van der Waals surface area (Å²) in [5, 5.41) is 8.78. The van der Waals surface area contributed by atoms with Gasteiger partial charge in [0, 0.05) is 24.8 Å². The third-order valence-corrected chi connectivity index (χ3v) is 3.69. The van der Waals surface area contributed by atoms with Gasteiger partial charge in [-0.2, -0.15) is 5.26 Å². The normalized spacial score (nSPS) is 23.4. The molecule has 0 atom stereocenters. The van der Waals surface area contributed by atoms with Crippen molar-refractivity contribution in [2.75, 3.05) is 11.4 Å². The predicted molar refractivity (Wildman–Crippen MR) is 72.2 cm³/mol. The zero-order valence-electron chi connectivity index (χ0n) is 10.8. The lowest BCUT2D eigenvalue weighted by Gasteiger charge is -2.36. The summed E-state index contributed by atoms with van der Waals surface area (Å²) in [6, 6.07) is 6.78. The van der Waals surface area contributed by atoms with Crippen molar-refractivity contribution < 1.29 is 0 Å². The second kappa shape index (κ2) is 5.83. The van der Waals surface area contributed by atoms with Gasteiger partial charge in [0.05, 0.1) is 5.56 Å². The Morgan fingerprint density at radius 1 is 1.39 bits per heavy atom. The van der Waals surface area contributed by atoms with E-state index in [0.29, 0.717) is 17.6 Å². The molecule has 4 nitrogen and oxygen atoms in total. The molecule has 0 aromatic carbocycles. The highest BCUT2D eigenvalue weighted by Gasteiger charge is 2.24. The van der Waals surface area contributed by atoms with Gasteiger partial charge in [0.2, 0.25) is 0 Å². The van der Waals surface area contributed by atoms with Gasteiger partial charge in [0.25, 0.3) is 0 Å². The van der Waals surface area contributed by atoms with Gasteiger partial charge in [-0.3, -0.25) is 0 Å². The quantitative estimate of drug-likeness (QED) is 0.883. The van der Waals surface area contributed by atoms with E-state index >= 15 is 0 Å². The molecule has 1 saturated carbocycles. The van der Waals surface area contributed by atoms with Crippen LogP contribution < -0.4 is 10.6 Å². The van der Waals surface area contributed by atoms with Crippen molar-refractivity contribution in [1.82, 2.24) is 4.98 Å². The van der Waals surface area contributed by atoms with E-state index < -0.39 is 0 Å². The third kappa shape index (κ3) is 2.80. The maximum Gasteiger partial charge on any atom is 0.128 e. The van der Waals surface area contributed by atoms with Crippen molar-refractivity contribution in [2.24, 2.45) is 5.73 Å². The van der Waals surface area contributed by atoms with Crippen LogP contribution in [0.4, 0.5) is 5.82 Å². The van der Waals surface area contributed by atoms with Crippen molar-refractivity contribution in [2.45, 2.75) is 44.7 Å². The van der Waals surface area contributed by atoms with Gasteiger partial charge in [-0.15, -0.1) is 0 Å². The lowest BCUT2D eigenvalue weighted by molar-refractivity contribution is 0.377. The summed E-state index contributed by atoms with van der Waals surface area (Å²) < 4.78 is 0. The van der Waals surface area contributed by atoms with Crippen LogP contribution in [0.2, 0.25) is 0 Å². The molecule has 2 N–H and O–H groups in total. The monoisotopic (exact) mass is 244 g/mol. The molecule has 1 aliphatic carbocycles. The summed E-state index contributed by atoms with van der Waals surface area (Å²) in [6.45, 7) is 3.09. The molecule has 0 bridgehead atoms. The number of aromatic nitrogens is 1. The smallest absolute Gasteiger partial charge is 0.128 e. The lowest BCUT2D eigenvalue weighted by Crippen LogP contribution is -2.41. The van der Waals surface area contributed by atoms with Gasteiger partial charge < -0.3 is 10.6 Å². The average Bonchev–Trinajstić information content (AvgIpc) is 2.42. The molecule has 1 fully saturated rings. The van der Waals surface area contributed by atoms with Crippen molar-refractivity contribution in [1.29, 1.82) is 5.26 Å². The molecule has 0 spiro atoms. The Kier molecular flexibility index (Phi) is 4.16. The second-order valence-corrected chi connectivity index (χ2v) is 4.87. The zero-order valence-corrected chi connectivity index (χ0v) is 10.8. The topological polar surface area (TPSA) is 65.9 Å². The van der Waals surface area contributed by atoms with Crippen LogP contribution in [0.1, 0.15) is 38.2 Å². The standard InChI is InChI=1S/C14H20N4/c1-2-18(13-6-4-12(16)5-7-13)14-8-3-11(9-15)10-17-14/h3,8,10,12-13H,2,4-7,16H2,1H3. The fourth-order valence-corrected chi connectivity index (χ4v) is 2.64. The van der Waals surface area contributed by atoms with Crippen molar-refractivity contribution in [3.05, 3.63) is 23.9 Å². The minimum atomic E-state index is 0.369. The molecular weight excluding hydrogens is 224 g/mol. The molecule has 2 rings (SSSR count). The molecule has 1 aromatic rings. The third-order valence-electron chi connectivity index (χ3n) is 3.69. The van der Waals surface area contributed by atoms with Crippen molar-refractivity contribution >= 4 is 5.82 Å². The van der Waals surface area contributed by atoms with E-state index in [2.05, 4.69) is 22.9 Å². The summed E-state index contributed by atoms with van der Waals surface area (Å²) in [5.41, 5.74) is 6.56. The van der Waals surface area contributed by atoms with Gasteiger partial charge in [-0.05, 0) is 44.7 Å². The Balaban J connectivity index is 2.10. The summed E-state index contributed by atoms with van der Waals surface area (Å²) >= 11 is 0. The molecule has 18 heavy (non-hydrogen) atoms. The maximum absolute atomic E-state index is 8.78. The summed E-state index contributed by atoms with van der Waals surface area (Å²) in [7, 11) is 0. The van der Waals surface area contributed by atoms with Gasteiger partial charge in [0.15, 0.2) is 0 Å². The second-order valence-electron chi connectivity index (χ2n) is 4.87. The van der Waals surface area contributed by atoms with Gasteiger partial charge >= 0.3 is 0 Å². The van der Waals surface area contributed by atoms with E-state index in [-0.39, 0.29) is 0 Å². The van der Waals surface area contributed by atoms with Crippen LogP contribution in [0, 0.1) is 11.3 Å². The average molecular weight is 244 g/mol. The predicted octanol–water partition coefficient (Wildman–Crippen LogP) is 2.05. The van der Waals surface area contributed by atoms with E-state index in [1.54, 1.807) is 6.20 Å². The van der Waals surface area contributed by atoms with Crippen LogP contribution in [0.3, 0.4) is 0 Å². The first kappa shape index (κ1) is 12.8. The Morgan fingerprint density at radius 2 is 2.11 bits per heavy atom. The Labute approximate surface area is 108 Å². The van der Waals surface area contributed by atoms with Gasteiger partial charge in [-0.25, -0.2) is 4.98 Å². The Morgan fingerprint density at radius 3 is 2.61 bits per heavy atom. The molecule has 96 valence electrons. The zero-order chi connectivity index (χ0) is 13.0. The SMILES string of the molecule is CCN(c1ccc(C#N)cn1)C1CCC(N)CC1.